The Bertz CT molecular complexity index is 1120. The molecule has 2 aromatic heterocycles. The number of aromatic nitrogens is 2. The maximum Gasteiger partial charge on any atom is 0.259 e. The van der Waals surface area contributed by atoms with Gasteiger partial charge in [-0.15, -0.1) is 11.3 Å². The van der Waals surface area contributed by atoms with Crippen molar-refractivity contribution >= 4 is 33.3 Å². The number of rotatable bonds is 4. The number of nitrogens with one attached hydrogen (secondary N) is 1. The lowest BCUT2D eigenvalue weighted by atomic mass is 9.93. The largest absolute Gasteiger partial charge is 0.342 e. The zero-order valence-electron chi connectivity index (χ0n) is 16.3. The van der Waals surface area contributed by atoms with Gasteiger partial charge in [-0.2, -0.15) is 0 Å². The van der Waals surface area contributed by atoms with Gasteiger partial charge in [0, 0.05) is 34.4 Å². The van der Waals surface area contributed by atoms with Crippen molar-refractivity contribution in [3.8, 4) is 0 Å². The van der Waals surface area contributed by atoms with Crippen molar-refractivity contribution in [3.63, 3.8) is 0 Å². The van der Waals surface area contributed by atoms with E-state index >= 15 is 0 Å². The van der Waals surface area contributed by atoms with Gasteiger partial charge in [0.05, 0.1) is 11.3 Å². The third-order valence-electron chi connectivity index (χ3n) is 4.72. The summed E-state index contributed by atoms with van der Waals surface area (Å²) in [5.41, 5.74) is 3.86. The lowest BCUT2D eigenvalue weighted by Gasteiger charge is -2.14. The van der Waals surface area contributed by atoms with E-state index in [2.05, 4.69) is 53.8 Å². The monoisotopic (exact) mass is 389 g/mol. The lowest BCUT2D eigenvalue weighted by molar-refractivity contribution is 0.102. The fraction of sp³-hybridized carbons (Fsp3) is 0.217. The van der Waals surface area contributed by atoms with E-state index in [0.29, 0.717) is 10.7 Å². The highest BCUT2D eigenvalue weighted by Gasteiger charge is 2.20. The van der Waals surface area contributed by atoms with E-state index in [0.717, 1.165) is 23.1 Å². The number of amides is 1. The molecular formula is C23H23N3OS. The molecule has 0 bridgehead atoms. The summed E-state index contributed by atoms with van der Waals surface area (Å²) in [4.78, 5) is 17.6. The van der Waals surface area contributed by atoms with E-state index in [1.54, 1.807) is 0 Å². The van der Waals surface area contributed by atoms with E-state index < -0.39 is 0 Å². The van der Waals surface area contributed by atoms with Gasteiger partial charge in [0.2, 0.25) is 0 Å². The second kappa shape index (κ2) is 7.24. The van der Waals surface area contributed by atoms with Crippen LogP contribution in [0.2, 0.25) is 0 Å². The average molecular weight is 390 g/mol. The predicted molar refractivity (Wildman–Crippen MR) is 116 cm³/mol. The molecule has 4 rings (SSSR count). The number of para-hydroxylation sites is 1. The molecule has 142 valence electrons. The maximum absolute atomic E-state index is 13.0. The second-order valence-corrected chi connectivity index (χ2v) is 8.77. The fourth-order valence-corrected chi connectivity index (χ4v) is 4.11. The first-order valence-corrected chi connectivity index (χ1v) is 10.2. The van der Waals surface area contributed by atoms with Gasteiger partial charge in [0.15, 0.2) is 5.13 Å². The van der Waals surface area contributed by atoms with Crippen LogP contribution >= 0.6 is 11.3 Å². The molecule has 5 heteroatoms. The molecule has 0 saturated heterocycles. The molecule has 4 nitrogen and oxygen atoms in total. The molecule has 0 aliphatic carbocycles. The minimum atomic E-state index is -0.127. The minimum Gasteiger partial charge on any atom is -0.342 e. The van der Waals surface area contributed by atoms with E-state index in [4.69, 9.17) is 0 Å². The molecule has 0 aliphatic heterocycles. The standard InChI is InChI=1S/C23H23N3OS/c1-23(2,3)20-15-28-22(24-20)25-21(27)18-14-26(13-16-9-5-4-6-10-16)19-12-8-7-11-17(18)19/h4-12,14-15H,13H2,1-3H3,(H,24,25,27). The number of benzene rings is 2. The van der Waals surface area contributed by atoms with Gasteiger partial charge in [0.25, 0.3) is 5.91 Å². The molecular weight excluding hydrogens is 366 g/mol. The zero-order valence-corrected chi connectivity index (χ0v) is 17.1. The highest BCUT2D eigenvalue weighted by molar-refractivity contribution is 7.14. The van der Waals surface area contributed by atoms with Crippen molar-refractivity contribution in [1.82, 2.24) is 9.55 Å². The Balaban J connectivity index is 1.65. The van der Waals surface area contributed by atoms with E-state index in [-0.39, 0.29) is 11.3 Å². The van der Waals surface area contributed by atoms with Crippen LogP contribution in [0.15, 0.2) is 66.2 Å². The van der Waals surface area contributed by atoms with Crippen LogP contribution in [0, 0.1) is 0 Å². The van der Waals surface area contributed by atoms with Crippen LogP contribution in [0.3, 0.4) is 0 Å². The summed E-state index contributed by atoms with van der Waals surface area (Å²) >= 11 is 1.46. The Hall–Kier alpha value is -2.92. The summed E-state index contributed by atoms with van der Waals surface area (Å²) in [6.45, 7) is 7.07. The molecule has 0 unspecified atom stereocenters. The minimum absolute atomic E-state index is 0.0365. The lowest BCUT2D eigenvalue weighted by Crippen LogP contribution is -2.14. The van der Waals surface area contributed by atoms with Crippen molar-refractivity contribution in [2.75, 3.05) is 5.32 Å². The molecule has 28 heavy (non-hydrogen) atoms. The number of hydrogen-bond donors (Lipinski definition) is 1. The highest BCUT2D eigenvalue weighted by Crippen LogP contribution is 2.28. The summed E-state index contributed by atoms with van der Waals surface area (Å²) in [5, 5.41) is 6.57. The fourth-order valence-electron chi connectivity index (χ4n) is 3.18. The van der Waals surface area contributed by atoms with Crippen molar-refractivity contribution in [2.45, 2.75) is 32.7 Å². The smallest absolute Gasteiger partial charge is 0.259 e. The molecule has 2 aromatic carbocycles. The number of carbonyl (C=O) groups is 1. The van der Waals surface area contributed by atoms with Gasteiger partial charge in [-0.25, -0.2) is 4.98 Å². The topological polar surface area (TPSA) is 46.9 Å². The summed E-state index contributed by atoms with van der Waals surface area (Å²) in [6, 6.07) is 18.3. The van der Waals surface area contributed by atoms with Gasteiger partial charge >= 0.3 is 0 Å². The molecule has 0 radical (unpaired) electrons. The number of anilines is 1. The highest BCUT2D eigenvalue weighted by atomic mass is 32.1. The quantitative estimate of drug-likeness (QED) is 0.487. The van der Waals surface area contributed by atoms with Crippen LogP contribution in [-0.4, -0.2) is 15.5 Å². The molecule has 0 aliphatic rings. The first kappa shape index (κ1) is 18.4. The average Bonchev–Trinajstić information content (AvgIpc) is 3.28. The van der Waals surface area contributed by atoms with Crippen LogP contribution in [0.1, 0.15) is 42.4 Å². The van der Waals surface area contributed by atoms with Gasteiger partial charge < -0.3 is 4.57 Å². The Kier molecular flexibility index (Phi) is 4.77. The number of fused-ring (bicyclic) bond motifs is 1. The van der Waals surface area contributed by atoms with E-state index in [9.17, 15) is 4.79 Å². The summed E-state index contributed by atoms with van der Waals surface area (Å²) in [6.07, 6.45) is 1.94. The van der Waals surface area contributed by atoms with Crippen LogP contribution in [-0.2, 0) is 12.0 Å². The van der Waals surface area contributed by atoms with Crippen molar-refractivity contribution in [2.24, 2.45) is 0 Å². The SMILES string of the molecule is CC(C)(C)c1csc(NC(=O)c2cn(Cc3ccccc3)c3ccccc23)n1. The number of thiazole rings is 1. The van der Waals surface area contributed by atoms with Crippen LogP contribution in [0.5, 0.6) is 0 Å². The Morgan fingerprint density at radius 1 is 1.07 bits per heavy atom. The van der Waals surface area contributed by atoms with E-state index in [1.807, 2.05) is 48.0 Å². The van der Waals surface area contributed by atoms with Gasteiger partial charge in [-0.1, -0.05) is 69.3 Å². The first-order valence-electron chi connectivity index (χ1n) is 9.31. The molecule has 4 aromatic rings. The molecule has 0 fully saturated rings. The van der Waals surface area contributed by atoms with Crippen molar-refractivity contribution in [1.29, 1.82) is 0 Å². The van der Waals surface area contributed by atoms with Crippen molar-refractivity contribution in [3.05, 3.63) is 83.0 Å². The predicted octanol–water partition coefficient (Wildman–Crippen LogP) is 5.70. The van der Waals surface area contributed by atoms with Crippen LogP contribution in [0.4, 0.5) is 5.13 Å². The third-order valence-corrected chi connectivity index (χ3v) is 5.48. The van der Waals surface area contributed by atoms with Gasteiger partial charge in [0.1, 0.15) is 0 Å². The first-order chi connectivity index (χ1) is 13.4. The Morgan fingerprint density at radius 3 is 2.50 bits per heavy atom. The van der Waals surface area contributed by atoms with E-state index in [1.165, 1.54) is 16.9 Å². The molecule has 0 saturated carbocycles. The molecule has 0 atom stereocenters. The summed E-state index contributed by atoms with van der Waals surface area (Å²) < 4.78 is 2.13. The normalized spacial score (nSPS) is 11.7. The van der Waals surface area contributed by atoms with Crippen LogP contribution < -0.4 is 5.32 Å². The number of carbonyl (C=O) groups excluding carboxylic acids is 1. The Labute approximate surface area is 168 Å². The van der Waals surface area contributed by atoms with Gasteiger partial charge in [-0.05, 0) is 11.6 Å². The molecule has 2 heterocycles. The summed E-state index contributed by atoms with van der Waals surface area (Å²) in [5.74, 6) is -0.127. The Morgan fingerprint density at radius 2 is 1.79 bits per heavy atom. The van der Waals surface area contributed by atoms with Gasteiger partial charge in [-0.3, -0.25) is 10.1 Å². The zero-order chi connectivity index (χ0) is 19.7. The molecule has 1 N–H and O–H groups in total. The maximum atomic E-state index is 13.0. The second-order valence-electron chi connectivity index (χ2n) is 7.92. The van der Waals surface area contributed by atoms with Crippen LogP contribution in [0.25, 0.3) is 10.9 Å². The number of nitrogens with zero attached hydrogens (tertiary/aromatic N) is 2. The third kappa shape index (κ3) is 3.71. The van der Waals surface area contributed by atoms with Crippen molar-refractivity contribution < 1.29 is 4.79 Å². The number of hydrogen-bond acceptors (Lipinski definition) is 3. The molecule has 1 amide bonds. The summed E-state index contributed by atoms with van der Waals surface area (Å²) in [7, 11) is 0. The molecule has 0 spiro atoms.